The predicted molar refractivity (Wildman–Crippen MR) is 146 cm³/mol. The average Bonchev–Trinajstić information content (AvgIpc) is 3.58. The van der Waals surface area contributed by atoms with Crippen LogP contribution in [0.15, 0.2) is 90.1 Å². The molecule has 0 bridgehead atoms. The minimum absolute atomic E-state index is 0.154. The lowest BCUT2D eigenvalue weighted by atomic mass is 10.0. The number of ether oxygens (including phenoxy) is 1. The van der Waals surface area contributed by atoms with Crippen LogP contribution >= 0.6 is 23.4 Å². The fraction of sp³-hybridized carbons (Fsp3) is 0.207. The van der Waals surface area contributed by atoms with Crippen LogP contribution in [0.4, 0.5) is 0 Å². The number of benzene rings is 3. The molecule has 1 unspecified atom stereocenters. The highest BCUT2D eigenvalue weighted by Crippen LogP contribution is 2.35. The molecule has 0 aliphatic carbocycles. The van der Waals surface area contributed by atoms with E-state index in [1.807, 2.05) is 48.5 Å². The second-order valence-corrected chi connectivity index (χ2v) is 10.2. The normalized spacial score (nSPS) is 15.5. The Morgan fingerprint density at radius 3 is 2.58 bits per heavy atom. The van der Waals surface area contributed by atoms with E-state index >= 15 is 0 Å². The molecule has 1 saturated heterocycles. The third-order valence-electron chi connectivity index (χ3n) is 6.47. The number of aromatic nitrogens is 4. The maximum Gasteiger partial charge on any atom is 0.191 e. The third-order valence-corrected chi connectivity index (χ3v) is 7.85. The number of hydrogen-bond donors (Lipinski definition) is 0. The number of para-hydroxylation sites is 1. The van der Waals surface area contributed by atoms with Crippen molar-refractivity contribution in [2.24, 2.45) is 0 Å². The topological polar surface area (TPSA) is 52.8 Å². The van der Waals surface area contributed by atoms with Gasteiger partial charge >= 0.3 is 0 Å². The predicted octanol–water partition coefficient (Wildman–Crippen LogP) is 7.29. The van der Waals surface area contributed by atoms with Crippen LogP contribution in [-0.4, -0.2) is 32.5 Å². The van der Waals surface area contributed by atoms with E-state index in [1.165, 1.54) is 0 Å². The first kappa shape index (κ1) is 23.2. The van der Waals surface area contributed by atoms with Crippen LogP contribution in [0, 0.1) is 0 Å². The number of fused-ring (bicyclic) bond motifs is 1. The van der Waals surface area contributed by atoms with Gasteiger partial charge in [0.05, 0.1) is 23.9 Å². The number of rotatable bonds is 7. The molecule has 0 saturated carbocycles. The Balaban J connectivity index is 1.45. The van der Waals surface area contributed by atoms with E-state index < -0.39 is 0 Å². The molecule has 0 radical (unpaired) electrons. The fourth-order valence-electron chi connectivity index (χ4n) is 4.63. The summed E-state index contributed by atoms with van der Waals surface area (Å²) in [6, 6.07) is 28.6. The van der Waals surface area contributed by atoms with E-state index in [-0.39, 0.29) is 6.10 Å². The molecule has 1 atom stereocenters. The molecule has 1 aliphatic rings. The highest BCUT2D eigenvalue weighted by atomic mass is 35.5. The van der Waals surface area contributed by atoms with E-state index in [2.05, 4.69) is 46.1 Å². The summed E-state index contributed by atoms with van der Waals surface area (Å²) in [7, 11) is 0. The van der Waals surface area contributed by atoms with E-state index in [0.717, 1.165) is 74.5 Å². The summed E-state index contributed by atoms with van der Waals surface area (Å²) in [5.41, 5.74) is 5.03. The summed E-state index contributed by atoms with van der Waals surface area (Å²) in [4.78, 5) is 4.96. The van der Waals surface area contributed by atoms with Crippen LogP contribution in [0.3, 0.4) is 0 Å². The lowest BCUT2D eigenvalue weighted by Gasteiger charge is -2.16. The molecular formula is C29H25ClN4OS. The monoisotopic (exact) mass is 512 g/mol. The Kier molecular flexibility index (Phi) is 6.73. The highest BCUT2D eigenvalue weighted by molar-refractivity contribution is 7.98. The largest absolute Gasteiger partial charge is 0.376 e. The van der Waals surface area contributed by atoms with Gasteiger partial charge in [-0.2, -0.15) is 0 Å². The zero-order valence-electron chi connectivity index (χ0n) is 19.7. The van der Waals surface area contributed by atoms with Gasteiger partial charge in [0.1, 0.15) is 0 Å². The molecule has 0 N–H and O–H groups in total. The lowest BCUT2D eigenvalue weighted by Crippen LogP contribution is -2.16. The van der Waals surface area contributed by atoms with Gasteiger partial charge in [0.25, 0.3) is 0 Å². The first-order valence-electron chi connectivity index (χ1n) is 12.1. The Bertz CT molecular complexity index is 1500. The number of pyridine rings is 1. The summed E-state index contributed by atoms with van der Waals surface area (Å²) < 4.78 is 8.23. The molecule has 1 fully saturated rings. The number of halogens is 1. The van der Waals surface area contributed by atoms with E-state index in [9.17, 15) is 0 Å². The molecule has 0 amide bonds. The molecule has 6 rings (SSSR count). The molecule has 5 nitrogen and oxygen atoms in total. The van der Waals surface area contributed by atoms with Crippen molar-refractivity contribution in [2.75, 3.05) is 6.61 Å². The Hall–Kier alpha value is -3.19. The van der Waals surface area contributed by atoms with Crippen LogP contribution in [0.1, 0.15) is 18.4 Å². The lowest BCUT2D eigenvalue weighted by molar-refractivity contribution is 0.0953. The maximum absolute atomic E-state index is 6.43. The van der Waals surface area contributed by atoms with Crippen molar-refractivity contribution < 1.29 is 4.74 Å². The maximum atomic E-state index is 6.43. The van der Waals surface area contributed by atoms with Crippen LogP contribution < -0.4 is 0 Å². The second-order valence-electron chi connectivity index (χ2n) is 8.87. The molecule has 3 heterocycles. The molecule has 180 valence electrons. The van der Waals surface area contributed by atoms with Gasteiger partial charge in [-0.1, -0.05) is 90.1 Å². The van der Waals surface area contributed by atoms with Crippen LogP contribution in [0.25, 0.3) is 33.5 Å². The van der Waals surface area contributed by atoms with Crippen molar-refractivity contribution in [1.29, 1.82) is 0 Å². The van der Waals surface area contributed by atoms with E-state index in [0.29, 0.717) is 6.54 Å². The van der Waals surface area contributed by atoms with Crippen molar-refractivity contribution in [1.82, 2.24) is 19.7 Å². The number of hydrogen-bond acceptors (Lipinski definition) is 5. The minimum Gasteiger partial charge on any atom is -0.376 e. The third kappa shape index (κ3) is 4.76. The van der Waals surface area contributed by atoms with Gasteiger partial charge in [0, 0.05) is 33.9 Å². The second kappa shape index (κ2) is 10.4. The Labute approximate surface area is 219 Å². The molecule has 0 spiro atoms. The van der Waals surface area contributed by atoms with Gasteiger partial charge in [-0.25, -0.2) is 4.98 Å². The van der Waals surface area contributed by atoms with E-state index in [4.69, 9.17) is 26.4 Å². The number of thioether (sulfide) groups is 1. The first-order valence-corrected chi connectivity index (χ1v) is 13.5. The fourth-order valence-corrected chi connectivity index (χ4v) is 5.86. The SMILES string of the molecule is Clc1ccccc1CSc1nnc(-c2cc(-c3ccccc3)nc3ccccc23)n1CC1CCCO1. The first-order chi connectivity index (χ1) is 17.8. The Morgan fingerprint density at radius 1 is 0.944 bits per heavy atom. The van der Waals surface area contributed by atoms with Gasteiger partial charge in [0.2, 0.25) is 0 Å². The number of nitrogens with zero attached hydrogens (tertiary/aromatic N) is 4. The standard InChI is InChI=1S/C29H25ClN4OS/c30-25-14-6-4-11-21(25)19-36-29-33-32-28(34(29)18-22-12-8-16-35-22)24-17-27(20-9-2-1-3-10-20)31-26-15-7-5-13-23(24)26/h1-7,9-11,13-15,17,22H,8,12,16,18-19H2. The zero-order chi connectivity index (χ0) is 24.3. The molecule has 2 aromatic heterocycles. The molecule has 7 heteroatoms. The highest BCUT2D eigenvalue weighted by Gasteiger charge is 2.23. The summed E-state index contributed by atoms with van der Waals surface area (Å²) in [6.07, 6.45) is 2.28. The molecule has 1 aliphatic heterocycles. The molecule has 3 aromatic carbocycles. The molecular weight excluding hydrogens is 488 g/mol. The molecule has 5 aromatic rings. The van der Waals surface area contributed by atoms with Crippen LogP contribution in [0.2, 0.25) is 5.02 Å². The van der Waals surface area contributed by atoms with Crippen molar-refractivity contribution in [3.8, 4) is 22.6 Å². The summed E-state index contributed by atoms with van der Waals surface area (Å²) in [5.74, 6) is 1.55. The summed E-state index contributed by atoms with van der Waals surface area (Å²) in [5, 5.41) is 12.1. The van der Waals surface area contributed by atoms with Crippen LogP contribution in [-0.2, 0) is 17.0 Å². The quantitative estimate of drug-likeness (QED) is 0.214. The average molecular weight is 513 g/mol. The zero-order valence-corrected chi connectivity index (χ0v) is 21.3. The van der Waals surface area contributed by atoms with Gasteiger partial charge in [-0.05, 0) is 36.6 Å². The van der Waals surface area contributed by atoms with Crippen molar-refractivity contribution in [2.45, 2.75) is 36.4 Å². The van der Waals surface area contributed by atoms with Crippen molar-refractivity contribution in [3.63, 3.8) is 0 Å². The van der Waals surface area contributed by atoms with Crippen LogP contribution in [0.5, 0.6) is 0 Å². The van der Waals surface area contributed by atoms with E-state index in [1.54, 1.807) is 11.8 Å². The van der Waals surface area contributed by atoms with Crippen molar-refractivity contribution >= 4 is 34.3 Å². The summed E-state index contributed by atoms with van der Waals surface area (Å²) >= 11 is 8.08. The van der Waals surface area contributed by atoms with Gasteiger partial charge in [-0.15, -0.1) is 10.2 Å². The minimum atomic E-state index is 0.154. The smallest absolute Gasteiger partial charge is 0.191 e. The van der Waals surface area contributed by atoms with Gasteiger partial charge < -0.3 is 4.74 Å². The van der Waals surface area contributed by atoms with Gasteiger partial charge in [0.15, 0.2) is 11.0 Å². The van der Waals surface area contributed by atoms with Gasteiger partial charge in [-0.3, -0.25) is 4.57 Å². The summed E-state index contributed by atoms with van der Waals surface area (Å²) in [6.45, 7) is 1.52. The Morgan fingerprint density at radius 2 is 1.75 bits per heavy atom. The van der Waals surface area contributed by atoms with Crippen molar-refractivity contribution in [3.05, 3.63) is 95.5 Å². The molecule has 36 heavy (non-hydrogen) atoms.